The summed E-state index contributed by atoms with van der Waals surface area (Å²) in [5, 5.41) is 11.5. The topological polar surface area (TPSA) is 67.4 Å². The van der Waals surface area contributed by atoms with Gasteiger partial charge in [-0.2, -0.15) is 0 Å². The summed E-state index contributed by atoms with van der Waals surface area (Å²) in [5.41, 5.74) is 2.29. The van der Waals surface area contributed by atoms with Crippen molar-refractivity contribution in [2.24, 2.45) is 0 Å². The number of hydrogen-bond donors (Lipinski definition) is 1. The van der Waals surface area contributed by atoms with Gasteiger partial charge in [-0.3, -0.25) is 4.79 Å². The van der Waals surface area contributed by atoms with E-state index in [1.54, 1.807) is 0 Å². The predicted octanol–water partition coefficient (Wildman–Crippen LogP) is 2.12. The standard InChI is InChI=1S/C18H22N4O2/c1-2-8-19-18(23)15-5-3-4-14(13-15)16-6-7-17(21-20-16)22-9-11-24-12-10-22/h3-7,13H,2,8-12H2,1H3,(H,19,23). The highest BCUT2D eigenvalue weighted by Gasteiger charge is 2.13. The fraction of sp³-hybridized carbons (Fsp3) is 0.389. The highest BCUT2D eigenvalue weighted by molar-refractivity contribution is 5.95. The van der Waals surface area contributed by atoms with Crippen LogP contribution in [0.4, 0.5) is 5.82 Å². The molecule has 0 saturated carbocycles. The Bertz CT molecular complexity index is 682. The van der Waals surface area contributed by atoms with Gasteiger partial charge in [0.2, 0.25) is 0 Å². The zero-order chi connectivity index (χ0) is 16.8. The van der Waals surface area contributed by atoms with Gasteiger partial charge in [0, 0.05) is 30.8 Å². The Kier molecular flexibility index (Phi) is 5.38. The van der Waals surface area contributed by atoms with Crippen LogP contribution in [0, 0.1) is 0 Å². The fourth-order valence-electron chi connectivity index (χ4n) is 2.60. The Balaban J connectivity index is 1.75. The molecule has 24 heavy (non-hydrogen) atoms. The number of anilines is 1. The monoisotopic (exact) mass is 326 g/mol. The summed E-state index contributed by atoms with van der Waals surface area (Å²) in [6.07, 6.45) is 0.917. The van der Waals surface area contributed by atoms with Crippen LogP contribution >= 0.6 is 0 Å². The molecule has 0 radical (unpaired) electrons. The number of benzene rings is 1. The van der Waals surface area contributed by atoms with E-state index in [1.807, 2.05) is 43.3 Å². The first-order valence-corrected chi connectivity index (χ1v) is 8.33. The van der Waals surface area contributed by atoms with Gasteiger partial charge < -0.3 is 15.0 Å². The van der Waals surface area contributed by atoms with Gasteiger partial charge in [0.1, 0.15) is 0 Å². The van der Waals surface area contributed by atoms with Crippen LogP contribution in [-0.4, -0.2) is 49.0 Å². The first-order valence-electron chi connectivity index (χ1n) is 8.33. The minimum atomic E-state index is -0.0587. The molecule has 1 aromatic carbocycles. The van der Waals surface area contributed by atoms with Crippen LogP contribution in [0.15, 0.2) is 36.4 Å². The molecule has 6 nitrogen and oxygen atoms in total. The lowest BCUT2D eigenvalue weighted by atomic mass is 10.1. The molecule has 6 heteroatoms. The van der Waals surface area contributed by atoms with Gasteiger partial charge in [0.05, 0.1) is 18.9 Å². The minimum Gasteiger partial charge on any atom is -0.378 e. The van der Waals surface area contributed by atoms with E-state index in [2.05, 4.69) is 20.4 Å². The molecule has 0 spiro atoms. The molecule has 1 saturated heterocycles. The van der Waals surface area contributed by atoms with Crippen molar-refractivity contribution < 1.29 is 9.53 Å². The summed E-state index contributed by atoms with van der Waals surface area (Å²) in [5.74, 6) is 0.801. The number of ether oxygens (including phenoxy) is 1. The SMILES string of the molecule is CCCNC(=O)c1cccc(-c2ccc(N3CCOCC3)nn2)c1. The van der Waals surface area contributed by atoms with Gasteiger partial charge in [-0.1, -0.05) is 19.1 Å². The van der Waals surface area contributed by atoms with Crippen molar-refractivity contribution in [3.8, 4) is 11.3 Å². The van der Waals surface area contributed by atoms with Crippen molar-refractivity contribution in [3.05, 3.63) is 42.0 Å². The summed E-state index contributed by atoms with van der Waals surface area (Å²) in [6.45, 7) is 5.82. The average Bonchev–Trinajstić information content (AvgIpc) is 2.67. The molecule has 1 fully saturated rings. The number of hydrogen-bond acceptors (Lipinski definition) is 5. The number of aromatic nitrogens is 2. The molecule has 2 heterocycles. The van der Waals surface area contributed by atoms with Crippen LogP contribution in [0.1, 0.15) is 23.7 Å². The lowest BCUT2D eigenvalue weighted by molar-refractivity contribution is 0.0953. The Morgan fingerprint density at radius 2 is 2.04 bits per heavy atom. The van der Waals surface area contributed by atoms with Gasteiger partial charge in [0.25, 0.3) is 5.91 Å². The Hall–Kier alpha value is -2.47. The normalized spacial score (nSPS) is 14.5. The van der Waals surface area contributed by atoms with Crippen molar-refractivity contribution in [3.63, 3.8) is 0 Å². The summed E-state index contributed by atoms with van der Waals surface area (Å²) >= 11 is 0. The first kappa shape index (κ1) is 16.4. The van der Waals surface area contributed by atoms with E-state index in [0.717, 1.165) is 49.8 Å². The number of carbonyl (C=O) groups is 1. The quantitative estimate of drug-likeness (QED) is 0.911. The number of nitrogens with one attached hydrogen (secondary N) is 1. The molecule has 1 N–H and O–H groups in total. The van der Waals surface area contributed by atoms with E-state index < -0.39 is 0 Å². The van der Waals surface area contributed by atoms with E-state index in [4.69, 9.17) is 4.74 Å². The van der Waals surface area contributed by atoms with Crippen LogP contribution in [0.3, 0.4) is 0 Å². The second kappa shape index (κ2) is 7.88. The van der Waals surface area contributed by atoms with Crippen LogP contribution in [-0.2, 0) is 4.74 Å². The van der Waals surface area contributed by atoms with Crippen LogP contribution in [0.25, 0.3) is 11.3 Å². The highest BCUT2D eigenvalue weighted by Crippen LogP contribution is 2.20. The summed E-state index contributed by atoms with van der Waals surface area (Å²) in [6, 6.07) is 11.4. The van der Waals surface area contributed by atoms with Crippen molar-refractivity contribution in [2.45, 2.75) is 13.3 Å². The maximum Gasteiger partial charge on any atom is 0.251 e. The minimum absolute atomic E-state index is 0.0587. The molecule has 1 amide bonds. The lowest BCUT2D eigenvalue weighted by Gasteiger charge is -2.27. The van der Waals surface area contributed by atoms with Crippen molar-refractivity contribution >= 4 is 11.7 Å². The first-order chi connectivity index (χ1) is 11.8. The Morgan fingerprint density at radius 1 is 1.21 bits per heavy atom. The van der Waals surface area contributed by atoms with E-state index in [-0.39, 0.29) is 5.91 Å². The second-order valence-corrected chi connectivity index (χ2v) is 5.71. The average molecular weight is 326 g/mol. The van der Waals surface area contributed by atoms with E-state index >= 15 is 0 Å². The molecule has 0 atom stereocenters. The number of morpholine rings is 1. The van der Waals surface area contributed by atoms with Gasteiger partial charge in [0.15, 0.2) is 5.82 Å². The van der Waals surface area contributed by atoms with Crippen molar-refractivity contribution in [1.29, 1.82) is 0 Å². The second-order valence-electron chi connectivity index (χ2n) is 5.71. The number of rotatable bonds is 5. The van der Waals surface area contributed by atoms with E-state index in [9.17, 15) is 4.79 Å². The third-order valence-corrected chi connectivity index (χ3v) is 3.94. The smallest absolute Gasteiger partial charge is 0.251 e. The van der Waals surface area contributed by atoms with Crippen molar-refractivity contribution in [1.82, 2.24) is 15.5 Å². The Labute approximate surface area is 141 Å². The Morgan fingerprint density at radius 3 is 2.75 bits per heavy atom. The maximum atomic E-state index is 12.1. The maximum absolute atomic E-state index is 12.1. The zero-order valence-corrected chi connectivity index (χ0v) is 13.9. The van der Waals surface area contributed by atoms with Gasteiger partial charge in [-0.25, -0.2) is 0 Å². The third-order valence-electron chi connectivity index (χ3n) is 3.94. The third kappa shape index (κ3) is 3.89. The molecule has 1 aliphatic rings. The lowest BCUT2D eigenvalue weighted by Crippen LogP contribution is -2.36. The fourth-order valence-corrected chi connectivity index (χ4v) is 2.60. The van der Waals surface area contributed by atoms with Gasteiger partial charge in [-0.05, 0) is 30.7 Å². The molecular formula is C18H22N4O2. The molecular weight excluding hydrogens is 304 g/mol. The number of nitrogens with zero attached hydrogens (tertiary/aromatic N) is 3. The molecule has 2 aromatic rings. The molecule has 0 aliphatic carbocycles. The molecule has 3 rings (SSSR count). The summed E-state index contributed by atoms with van der Waals surface area (Å²) in [4.78, 5) is 14.2. The number of amides is 1. The number of carbonyl (C=O) groups excluding carboxylic acids is 1. The molecule has 0 bridgehead atoms. The van der Waals surface area contributed by atoms with Crippen molar-refractivity contribution in [2.75, 3.05) is 37.7 Å². The predicted molar refractivity (Wildman–Crippen MR) is 93.1 cm³/mol. The summed E-state index contributed by atoms with van der Waals surface area (Å²) < 4.78 is 5.35. The van der Waals surface area contributed by atoms with Gasteiger partial charge >= 0.3 is 0 Å². The highest BCUT2D eigenvalue weighted by atomic mass is 16.5. The molecule has 1 aromatic heterocycles. The van der Waals surface area contributed by atoms with Crippen LogP contribution < -0.4 is 10.2 Å². The van der Waals surface area contributed by atoms with E-state index in [1.165, 1.54) is 0 Å². The summed E-state index contributed by atoms with van der Waals surface area (Å²) in [7, 11) is 0. The van der Waals surface area contributed by atoms with E-state index in [0.29, 0.717) is 12.1 Å². The molecule has 126 valence electrons. The molecule has 0 unspecified atom stereocenters. The van der Waals surface area contributed by atoms with Gasteiger partial charge in [-0.15, -0.1) is 10.2 Å². The zero-order valence-electron chi connectivity index (χ0n) is 13.9. The largest absolute Gasteiger partial charge is 0.378 e. The van der Waals surface area contributed by atoms with Crippen LogP contribution in [0.2, 0.25) is 0 Å². The molecule has 1 aliphatic heterocycles. The van der Waals surface area contributed by atoms with Crippen LogP contribution in [0.5, 0.6) is 0 Å².